The van der Waals surface area contributed by atoms with Crippen molar-refractivity contribution < 1.29 is 19.4 Å². The normalized spacial score (nSPS) is 25.1. The molecule has 0 saturated carbocycles. The Morgan fingerprint density at radius 2 is 2.37 bits per heavy atom. The minimum Gasteiger partial charge on any atom is -0.479 e. The second-order valence-corrected chi connectivity index (χ2v) is 4.78. The SMILES string of the molecule is C[C@H]1CC(NC(N)=O)(C(=O)O)c2cc(Cl)cnc2O1. The molecule has 0 radical (unpaired) electrons. The third kappa shape index (κ3) is 2.28. The highest BCUT2D eigenvalue weighted by atomic mass is 35.5. The second-order valence-electron chi connectivity index (χ2n) is 4.34. The number of nitrogens with zero attached hydrogens (tertiary/aromatic N) is 1. The van der Waals surface area contributed by atoms with Crippen LogP contribution in [0.5, 0.6) is 5.88 Å². The Labute approximate surface area is 113 Å². The first-order chi connectivity index (χ1) is 8.85. The number of fused-ring (bicyclic) bond motifs is 1. The molecule has 2 heterocycles. The first kappa shape index (κ1) is 13.4. The lowest BCUT2D eigenvalue weighted by molar-refractivity contribution is -0.147. The molecule has 102 valence electrons. The van der Waals surface area contributed by atoms with Crippen LogP contribution in [-0.4, -0.2) is 28.2 Å². The van der Waals surface area contributed by atoms with Crippen LogP contribution in [0.1, 0.15) is 18.9 Å². The lowest BCUT2D eigenvalue weighted by Gasteiger charge is -2.37. The molecular weight excluding hydrogens is 274 g/mol. The summed E-state index contributed by atoms with van der Waals surface area (Å²) in [6.45, 7) is 1.68. The molecule has 1 aromatic rings. The van der Waals surface area contributed by atoms with Crippen molar-refractivity contribution in [1.29, 1.82) is 0 Å². The zero-order valence-electron chi connectivity index (χ0n) is 10.0. The Morgan fingerprint density at radius 1 is 1.68 bits per heavy atom. The molecule has 1 unspecified atom stereocenters. The van der Waals surface area contributed by atoms with Crippen LogP contribution in [-0.2, 0) is 10.3 Å². The van der Waals surface area contributed by atoms with E-state index in [4.69, 9.17) is 22.1 Å². The number of primary amides is 1. The molecule has 0 aliphatic carbocycles. The maximum Gasteiger partial charge on any atom is 0.334 e. The van der Waals surface area contributed by atoms with Crippen molar-refractivity contribution in [3.05, 3.63) is 22.8 Å². The third-order valence-electron chi connectivity index (χ3n) is 2.89. The standard InChI is InChI=1S/C11H12ClN3O4/c1-5-3-11(9(16)17,15-10(13)18)7-2-6(12)4-14-8(7)19-5/h2,4-5H,3H2,1H3,(H,16,17)(H3,13,15,18)/t5-,11?/m0/s1. The van der Waals surface area contributed by atoms with Crippen LogP contribution in [0.4, 0.5) is 4.79 Å². The number of nitrogens with two attached hydrogens (primary N) is 1. The van der Waals surface area contributed by atoms with E-state index in [2.05, 4.69) is 10.3 Å². The molecule has 0 saturated heterocycles. The number of urea groups is 1. The minimum atomic E-state index is -1.68. The summed E-state index contributed by atoms with van der Waals surface area (Å²) in [5, 5.41) is 12.0. The molecule has 2 rings (SSSR count). The predicted molar refractivity (Wildman–Crippen MR) is 66.0 cm³/mol. The average Bonchev–Trinajstić information content (AvgIpc) is 2.28. The molecule has 2 atom stereocenters. The number of halogens is 1. The van der Waals surface area contributed by atoms with Crippen molar-refractivity contribution in [3.63, 3.8) is 0 Å². The molecule has 4 N–H and O–H groups in total. The first-order valence-corrected chi connectivity index (χ1v) is 5.86. The molecule has 1 aromatic heterocycles. The Morgan fingerprint density at radius 3 is 2.95 bits per heavy atom. The van der Waals surface area contributed by atoms with E-state index >= 15 is 0 Å². The van der Waals surface area contributed by atoms with E-state index in [-0.39, 0.29) is 22.9 Å². The lowest BCUT2D eigenvalue weighted by atomic mass is 9.83. The van der Waals surface area contributed by atoms with Crippen LogP contribution in [0.3, 0.4) is 0 Å². The molecule has 1 aliphatic heterocycles. The number of carboxylic acid groups (broad SMARTS) is 1. The Balaban J connectivity index is 2.63. The molecule has 8 heteroatoms. The van der Waals surface area contributed by atoms with Gasteiger partial charge in [0.25, 0.3) is 0 Å². The molecule has 7 nitrogen and oxygen atoms in total. The van der Waals surface area contributed by atoms with Gasteiger partial charge in [0.1, 0.15) is 6.10 Å². The van der Waals surface area contributed by atoms with Crippen LogP contribution >= 0.6 is 11.6 Å². The van der Waals surface area contributed by atoms with Crippen molar-refractivity contribution in [1.82, 2.24) is 10.3 Å². The fraction of sp³-hybridized carbons (Fsp3) is 0.364. The monoisotopic (exact) mass is 285 g/mol. The number of amides is 2. The summed E-state index contributed by atoms with van der Waals surface area (Å²) >= 11 is 5.83. The predicted octanol–water partition coefficient (Wildman–Crippen LogP) is 0.854. The van der Waals surface area contributed by atoms with Crippen LogP contribution in [0.2, 0.25) is 5.02 Å². The van der Waals surface area contributed by atoms with E-state index in [9.17, 15) is 14.7 Å². The van der Waals surface area contributed by atoms with Gasteiger partial charge in [-0.15, -0.1) is 0 Å². The highest BCUT2D eigenvalue weighted by molar-refractivity contribution is 6.30. The molecular formula is C11H12ClN3O4. The molecule has 1 aliphatic rings. The summed E-state index contributed by atoms with van der Waals surface area (Å²) in [5.74, 6) is -1.12. The van der Waals surface area contributed by atoms with Crippen LogP contribution < -0.4 is 15.8 Å². The van der Waals surface area contributed by atoms with Gasteiger partial charge in [0, 0.05) is 12.6 Å². The first-order valence-electron chi connectivity index (χ1n) is 5.49. The number of carboxylic acids is 1. The largest absolute Gasteiger partial charge is 0.479 e. The summed E-state index contributed by atoms with van der Waals surface area (Å²) in [6, 6.07) is 0.460. The van der Waals surface area contributed by atoms with Gasteiger partial charge in [-0.25, -0.2) is 14.6 Å². The van der Waals surface area contributed by atoms with Gasteiger partial charge >= 0.3 is 12.0 Å². The molecule has 0 aromatic carbocycles. The van der Waals surface area contributed by atoms with Gasteiger partial charge < -0.3 is 20.9 Å². The number of carbonyl (C=O) groups excluding carboxylic acids is 1. The molecule has 0 spiro atoms. The van der Waals surface area contributed by atoms with E-state index < -0.39 is 23.6 Å². The van der Waals surface area contributed by atoms with Crippen molar-refractivity contribution >= 4 is 23.6 Å². The van der Waals surface area contributed by atoms with Gasteiger partial charge in [0.15, 0.2) is 5.54 Å². The van der Waals surface area contributed by atoms with Gasteiger partial charge in [-0.1, -0.05) is 11.6 Å². The fourth-order valence-electron chi connectivity index (χ4n) is 2.18. The van der Waals surface area contributed by atoms with Gasteiger partial charge in [-0.2, -0.15) is 0 Å². The van der Waals surface area contributed by atoms with Gasteiger partial charge in [0.2, 0.25) is 5.88 Å². The third-order valence-corrected chi connectivity index (χ3v) is 3.09. The maximum atomic E-state index is 11.6. The molecule has 0 fully saturated rings. The summed E-state index contributed by atoms with van der Waals surface area (Å²) in [7, 11) is 0. The zero-order chi connectivity index (χ0) is 14.2. The number of nitrogens with one attached hydrogen (secondary N) is 1. The Hall–Kier alpha value is -2.02. The summed E-state index contributed by atoms with van der Waals surface area (Å²) in [5.41, 5.74) is 3.58. The molecule has 19 heavy (non-hydrogen) atoms. The van der Waals surface area contributed by atoms with Crippen molar-refractivity contribution in [3.8, 4) is 5.88 Å². The Kier molecular flexibility index (Phi) is 3.23. The number of ether oxygens (including phenoxy) is 1. The topological polar surface area (TPSA) is 115 Å². The highest BCUT2D eigenvalue weighted by Gasteiger charge is 2.49. The van der Waals surface area contributed by atoms with Gasteiger partial charge in [0.05, 0.1) is 10.6 Å². The number of aliphatic carboxylic acids is 1. The number of hydrogen-bond donors (Lipinski definition) is 3. The van der Waals surface area contributed by atoms with Crippen LogP contribution in [0.25, 0.3) is 0 Å². The van der Waals surface area contributed by atoms with Crippen LogP contribution in [0, 0.1) is 0 Å². The summed E-state index contributed by atoms with van der Waals surface area (Å²) in [6.07, 6.45) is 0.930. The van der Waals surface area contributed by atoms with E-state index in [1.165, 1.54) is 12.3 Å². The summed E-state index contributed by atoms with van der Waals surface area (Å²) < 4.78 is 5.45. The smallest absolute Gasteiger partial charge is 0.334 e. The van der Waals surface area contributed by atoms with E-state index in [1.54, 1.807) is 6.92 Å². The van der Waals surface area contributed by atoms with Crippen molar-refractivity contribution in [2.24, 2.45) is 5.73 Å². The molecule has 0 bridgehead atoms. The van der Waals surface area contributed by atoms with Gasteiger partial charge in [-0.05, 0) is 13.0 Å². The van der Waals surface area contributed by atoms with Crippen LogP contribution in [0.15, 0.2) is 12.3 Å². The number of aromatic nitrogens is 1. The lowest BCUT2D eigenvalue weighted by Crippen LogP contribution is -2.57. The second kappa shape index (κ2) is 4.58. The zero-order valence-corrected chi connectivity index (χ0v) is 10.8. The van der Waals surface area contributed by atoms with Crippen molar-refractivity contribution in [2.45, 2.75) is 25.0 Å². The van der Waals surface area contributed by atoms with Gasteiger partial charge in [-0.3, -0.25) is 0 Å². The maximum absolute atomic E-state index is 11.6. The number of carbonyl (C=O) groups is 2. The van der Waals surface area contributed by atoms with E-state index in [1.807, 2.05) is 0 Å². The number of rotatable bonds is 2. The molecule has 2 amide bonds. The highest BCUT2D eigenvalue weighted by Crippen LogP contribution is 2.39. The van der Waals surface area contributed by atoms with Crippen molar-refractivity contribution in [2.75, 3.05) is 0 Å². The fourth-order valence-corrected chi connectivity index (χ4v) is 2.34. The summed E-state index contributed by atoms with van der Waals surface area (Å²) in [4.78, 5) is 26.7. The quantitative estimate of drug-likeness (QED) is 0.745. The van der Waals surface area contributed by atoms with E-state index in [0.29, 0.717) is 0 Å². The van der Waals surface area contributed by atoms with E-state index in [0.717, 1.165) is 0 Å². The minimum absolute atomic E-state index is 0.0281. The number of pyridine rings is 1. The average molecular weight is 286 g/mol. The Bertz CT molecular complexity index is 551. The number of hydrogen-bond acceptors (Lipinski definition) is 4.